The van der Waals surface area contributed by atoms with Crippen LogP contribution in [0.5, 0.6) is 0 Å². The smallest absolute Gasteiger partial charge is 0.290 e. The number of amides is 1. The molecule has 152 valence electrons. The Morgan fingerprint density at radius 3 is 2.57 bits per heavy atom. The molecular weight excluding hydrogens is 442 g/mol. The van der Waals surface area contributed by atoms with Gasteiger partial charge < -0.3 is 4.57 Å². The highest BCUT2D eigenvalue weighted by Crippen LogP contribution is 2.21. The van der Waals surface area contributed by atoms with E-state index < -0.39 is 0 Å². The molecular formula is C23H22BrN5O. The van der Waals surface area contributed by atoms with Crippen LogP contribution in [0, 0.1) is 27.7 Å². The molecule has 4 rings (SSSR count). The van der Waals surface area contributed by atoms with Gasteiger partial charge in [0.15, 0.2) is 0 Å². The van der Waals surface area contributed by atoms with Crippen molar-refractivity contribution >= 4 is 33.7 Å². The summed E-state index contributed by atoms with van der Waals surface area (Å²) in [7, 11) is 0. The zero-order chi connectivity index (χ0) is 21.4. The lowest BCUT2D eigenvalue weighted by Gasteiger charge is -2.09. The van der Waals surface area contributed by atoms with Crippen LogP contribution in [0.25, 0.3) is 11.3 Å². The van der Waals surface area contributed by atoms with Crippen molar-refractivity contribution in [1.82, 2.24) is 19.4 Å². The van der Waals surface area contributed by atoms with Gasteiger partial charge in [-0.1, -0.05) is 15.9 Å². The topological polar surface area (TPSA) is 63.7 Å². The number of aromatic nitrogens is 3. The number of carbonyl (C=O) groups excluding carboxylic acids is 1. The second kappa shape index (κ2) is 7.91. The van der Waals surface area contributed by atoms with Gasteiger partial charge in [0.25, 0.3) is 5.91 Å². The average Bonchev–Trinajstić information content (AvgIpc) is 3.17. The Morgan fingerprint density at radius 2 is 1.83 bits per heavy atom. The first kappa shape index (κ1) is 20.1. The zero-order valence-corrected chi connectivity index (χ0v) is 18.9. The quantitative estimate of drug-likeness (QED) is 0.346. The van der Waals surface area contributed by atoms with Crippen molar-refractivity contribution in [2.24, 2.45) is 5.10 Å². The summed E-state index contributed by atoms with van der Waals surface area (Å²) in [5, 5.41) is 4.20. The Balaban J connectivity index is 1.57. The predicted molar refractivity (Wildman–Crippen MR) is 123 cm³/mol. The molecule has 1 aromatic carbocycles. The van der Waals surface area contributed by atoms with Crippen LogP contribution in [0.1, 0.15) is 38.7 Å². The number of fused-ring (bicyclic) bond motifs is 1. The van der Waals surface area contributed by atoms with Crippen LogP contribution in [-0.4, -0.2) is 26.1 Å². The summed E-state index contributed by atoms with van der Waals surface area (Å²) < 4.78 is 4.98. The van der Waals surface area contributed by atoms with Crippen molar-refractivity contribution in [3.8, 4) is 5.69 Å². The molecule has 6 nitrogen and oxygen atoms in total. The minimum atomic E-state index is -0.290. The monoisotopic (exact) mass is 463 g/mol. The first-order chi connectivity index (χ1) is 14.3. The Bertz CT molecular complexity index is 1280. The molecule has 3 aromatic heterocycles. The van der Waals surface area contributed by atoms with Gasteiger partial charge in [-0.3, -0.25) is 9.20 Å². The predicted octanol–water partition coefficient (Wildman–Crippen LogP) is 4.89. The lowest BCUT2D eigenvalue weighted by atomic mass is 10.2. The van der Waals surface area contributed by atoms with Gasteiger partial charge in [-0.25, -0.2) is 10.4 Å². The fraction of sp³-hybridized carbons (Fsp3) is 0.174. The fourth-order valence-electron chi connectivity index (χ4n) is 3.66. The highest BCUT2D eigenvalue weighted by Gasteiger charge is 2.16. The standard InChI is InChI=1S/C23H22BrN5O/c1-14-9-10-28-21(11-14)26-16(3)22(28)23(30)27-25-13-18-12-15(2)29(17(18)4)20-7-5-19(24)6-8-20/h5-13H,1-4H3,(H,27,30)/b25-13-. The molecule has 0 unspecified atom stereocenters. The van der Waals surface area contributed by atoms with Crippen LogP contribution < -0.4 is 5.43 Å². The van der Waals surface area contributed by atoms with Gasteiger partial charge in [-0.05, 0) is 75.7 Å². The summed E-state index contributed by atoms with van der Waals surface area (Å²) in [6.45, 7) is 7.91. The van der Waals surface area contributed by atoms with Crippen LogP contribution in [0.2, 0.25) is 0 Å². The number of rotatable bonds is 4. The fourth-order valence-corrected chi connectivity index (χ4v) is 3.92. The molecule has 3 heterocycles. The maximum Gasteiger partial charge on any atom is 0.290 e. The molecule has 0 aliphatic rings. The highest BCUT2D eigenvalue weighted by atomic mass is 79.9. The summed E-state index contributed by atoms with van der Waals surface area (Å²) in [5.74, 6) is -0.290. The third-order valence-corrected chi connectivity index (χ3v) is 5.62. The number of aryl methyl sites for hydroxylation is 3. The van der Waals surface area contributed by atoms with E-state index in [0.29, 0.717) is 11.4 Å². The van der Waals surface area contributed by atoms with Crippen molar-refractivity contribution in [2.75, 3.05) is 0 Å². The largest absolute Gasteiger partial charge is 0.318 e. The van der Waals surface area contributed by atoms with Crippen LogP contribution in [0.4, 0.5) is 0 Å². The van der Waals surface area contributed by atoms with Crippen molar-refractivity contribution < 1.29 is 4.79 Å². The number of nitrogens with one attached hydrogen (secondary N) is 1. The summed E-state index contributed by atoms with van der Waals surface area (Å²) in [6.07, 6.45) is 3.54. The second-order valence-electron chi connectivity index (χ2n) is 7.32. The molecule has 0 radical (unpaired) electrons. The van der Waals surface area contributed by atoms with E-state index in [9.17, 15) is 4.79 Å². The van der Waals surface area contributed by atoms with Gasteiger partial charge >= 0.3 is 0 Å². The molecule has 0 bridgehead atoms. The van der Waals surface area contributed by atoms with Gasteiger partial charge in [0.1, 0.15) is 11.3 Å². The van der Waals surface area contributed by atoms with E-state index in [2.05, 4.69) is 61.1 Å². The van der Waals surface area contributed by atoms with Crippen LogP contribution in [0.15, 0.2) is 58.2 Å². The Hall–Kier alpha value is -3.19. The molecule has 0 atom stereocenters. The van der Waals surface area contributed by atoms with E-state index in [0.717, 1.165) is 38.3 Å². The molecule has 4 aromatic rings. The molecule has 0 saturated carbocycles. The molecule has 1 amide bonds. The number of benzene rings is 1. The minimum Gasteiger partial charge on any atom is -0.318 e. The van der Waals surface area contributed by atoms with Crippen LogP contribution in [0.3, 0.4) is 0 Å². The molecule has 0 saturated heterocycles. The Morgan fingerprint density at radius 1 is 1.10 bits per heavy atom. The maximum absolute atomic E-state index is 12.7. The summed E-state index contributed by atoms with van der Waals surface area (Å²) in [4.78, 5) is 17.2. The van der Waals surface area contributed by atoms with E-state index in [1.54, 1.807) is 10.6 Å². The number of halogens is 1. The zero-order valence-electron chi connectivity index (χ0n) is 17.3. The molecule has 30 heavy (non-hydrogen) atoms. The van der Waals surface area contributed by atoms with Gasteiger partial charge in [0, 0.05) is 33.3 Å². The van der Waals surface area contributed by atoms with E-state index in [1.165, 1.54) is 0 Å². The molecule has 7 heteroatoms. The number of nitrogens with zero attached hydrogens (tertiary/aromatic N) is 4. The first-order valence-electron chi connectivity index (χ1n) is 9.59. The van der Waals surface area contributed by atoms with Gasteiger partial charge in [-0.15, -0.1) is 0 Å². The summed E-state index contributed by atoms with van der Waals surface area (Å²) >= 11 is 3.47. The van der Waals surface area contributed by atoms with Crippen molar-refractivity contribution in [1.29, 1.82) is 0 Å². The van der Waals surface area contributed by atoms with E-state index in [1.807, 2.05) is 51.2 Å². The van der Waals surface area contributed by atoms with Crippen molar-refractivity contribution in [3.05, 3.63) is 87.0 Å². The summed E-state index contributed by atoms with van der Waals surface area (Å²) in [6, 6.07) is 14.1. The number of pyridine rings is 1. The normalized spacial score (nSPS) is 11.5. The maximum atomic E-state index is 12.7. The van der Waals surface area contributed by atoms with Gasteiger partial charge in [0.2, 0.25) is 0 Å². The van der Waals surface area contributed by atoms with Crippen LogP contribution in [-0.2, 0) is 0 Å². The van der Waals surface area contributed by atoms with E-state index in [-0.39, 0.29) is 5.91 Å². The Kier molecular flexibility index (Phi) is 5.30. The SMILES string of the molecule is Cc1ccn2c(C(=O)N/N=C\c3cc(C)n(-c4ccc(Br)cc4)c3C)c(C)nc2c1. The molecule has 0 aliphatic heterocycles. The average molecular weight is 464 g/mol. The Labute approximate surface area is 183 Å². The van der Waals surface area contributed by atoms with E-state index >= 15 is 0 Å². The molecule has 0 fully saturated rings. The minimum absolute atomic E-state index is 0.290. The van der Waals surface area contributed by atoms with Crippen molar-refractivity contribution in [3.63, 3.8) is 0 Å². The van der Waals surface area contributed by atoms with E-state index in [4.69, 9.17) is 0 Å². The third kappa shape index (κ3) is 3.68. The second-order valence-corrected chi connectivity index (χ2v) is 8.23. The lowest BCUT2D eigenvalue weighted by molar-refractivity contribution is 0.0948. The number of hydrazone groups is 1. The third-order valence-electron chi connectivity index (χ3n) is 5.10. The number of imidazole rings is 1. The molecule has 0 spiro atoms. The number of hydrogen-bond donors (Lipinski definition) is 1. The first-order valence-corrected chi connectivity index (χ1v) is 10.4. The number of hydrogen-bond acceptors (Lipinski definition) is 3. The lowest BCUT2D eigenvalue weighted by Crippen LogP contribution is -2.20. The molecule has 0 aliphatic carbocycles. The molecule has 1 N–H and O–H groups in total. The van der Waals surface area contributed by atoms with Crippen LogP contribution >= 0.6 is 15.9 Å². The van der Waals surface area contributed by atoms with Gasteiger partial charge in [0.05, 0.1) is 11.9 Å². The summed E-state index contributed by atoms with van der Waals surface area (Å²) in [5.41, 5.74) is 9.81. The highest BCUT2D eigenvalue weighted by molar-refractivity contribution is 9.10. The number of carbonyl (C=O) groups is 1. The van der Waals surface area contributed by atoms with Gasteiger partial charge in [-0.2, -0.15) is 5.10 Å². The van der Waals surface area contributed by atoms with Crippen molar-refractivity contribution in [2.45, 2.75) is 27.7 Å².